The molecule has 0 heterocycles. The van der Waals surface area contributed by atoms with Gasteiger partial charge < -0.3 is 15.4 Å². The molecule has 3 aromatic rings. The van der Waals surface area contributed by atoms with Crippen LogP contribution >= 0.6 is 11.6 Å². The van der Waals surface area contributed by atoms with Crippen molar-refractivity contribution >= 4 is 34.8 Å². The minimum Gasteiger partial charge on any atom is -0.484 e. The van der Waals surface area contributed by atoms with Crippen LogP contribution < -0.4 is 15.4 Å². The molecule has 0 unspecified atom stereocenters. The second-order valence-corrected chi connectivity index (χ2v) is 7.00. The second kappa shape index (κ2) is 9.26. The van der Waals surface area contributed by atoms with Gasteiger partial charge in [-0.2, -0.15) is 0 Å². The van der Waals surface area contributed by atoms with Gasteiger partial charge in [-0.15, -0.1) is 0 Å². The molecule has 0 aliphatic rings. The van der Waals surface area contributed by atoms with E-state index in [1.807, 2.05) is 38.1 Å². The lowest BCUT2D eigenvalue weighted by Crippen LogP contribution is -2.20. The number of nitrogens with one attached hydrogen (secondary N) is 2. The molecule has 0 radical (unpaired) electrons. The Hall–Kier alpha value is -3.31. The van der Waals surface area contributed by atoms with E-state index in [0.717, 1.165) is 11.1 Å². The molecular weight excluding hydrogens is 388 g/mol. The number of benzene rings is 3. The molecule has 2 amide bonds. The summed E-state index contributed by atoms with van der Waals surface area (Å²) in [6.45, 7) is 3.87. The summed E-state index contributed by atoms with van der Waals surface area (Å²) in [5.41, 5.74) is 3.69. The first-order valence-corrected chi connectivity index (χ1v) is 9.46. The largest absolute Gasteiger partial charge is 0.484 e. The fourth-order valence-electron chi connectivity index (χ4n) is 2.63. The van der Waals surface area contributed by atoms with Crippen molar-refractivity contribution in [3.8, 4) is 5.75 Å². The molecule has 0 bridgehead atoms. The number of anilines is 2. The molecule has 3 aromatic carbocycles. The molecule has 148 valence electrons. The SMILES string of the molecule is Cc1ccc(OCC(=O)Nc2ccc(Cl)c(NC(=O)c3ccccc3)c2)cc1C. The lowest BCUT2D eigenvalue weighted by atomic mass is 10.1. The van der Waals surface area contributed by atoms with Gasteiger partial charge in [-0.05, 0) is 67.4 Å². The minimum absolute atomic E-state index is 0.128. The Bertz CT molecular complexity index is 1040. The van der Waals surface area contributed by atoms with Gasteiger partial charge in [-0.3, -0.25) is 9.59 Å². The zero-order chi connectivity index (χ0) is 20.8. The van der Waals surface area contributed by atoms with Gasteiger partial charge in [-0.25, -0.2) is 0 Å². The molecule has 0 saturated heterocycles. The molecule has 0 atom stereocenters. The third-order valence-electron chi connectivity index (χ3n) is 4.38. The normalized spacial score (nSPS) is 10.3. The van der Waals surface area contributed by atoms with E-state index in [1.54, 1.807) is 42.5 Å². The number of hydrogen-bond acceptors (Lipinski definition) is 3. The molecule has 6 heteroatoms. The van der Waals surface area contributed by atoms with Crippen molar-refractivity contribution in [2.24, 2.45) is 0 Å². The van der Waals surface area contributed by atoms with Gasteiger partial charge in [0.25, 0.3) is 11.8 Å². The monoisotopic (exact) mass is 408 g/mol. The maximum absolute atomic E-state index is 12.3. The summed E-state index contributed by atoms with van der Waals surface area (Å²) in [4.78, 5) is 24.6. The third-order valence-corrected chi connectivity index (χ3v) is 4.71. The summed E-state index contributed by atoms with van der Waals surface area (Å²) in [6.07, 6.45) is 0. The Labute approximate surface area is 174 Å². The van der Waals surface area contributed by atoms with Gasteiger partial charge in [0.15, 0.2) is 6.61 Å². The Morgan fingerprint density at radius 3 is 2.38 bits per heavy atom. The van der Waals surface area contributed by atoms with Crippen LogP contribution in [0.4, 0.5) is 11.4 Å². The van der Waals surface area contributed by atoms with Crippen molar-refractivity contribution in [2.75, 3.05) is 17.2 Å². The smallest absolute Gasteiger partial charge is 0.262 e. The quantitative estimate of drug-likeness (QED) is 0.587. The summed E-state index contributed by atoms with van der Waals surface area (Å²) in [6, 6.07) is 19.4. The number of carbonyl (C=O) groups excluding carboxylic acids is 2. The summed E-state index contributed by atoms with van der Waals surface area (Å²) < 4.78 is 5.54. The Balaban J connectivity index is 1.62. The van der Waals surface area contributed by atoms with Crippen molar-refractivity contribution in [1.29, 1.82) is 0 Å². The highest BCUT2D eigenvalue weighted by molar-refractivity contribution is 6.34. The average Bonchev–Trinajstić information content (AvgIpc) is 2.72. The molecular formula is C23H21ClN2O3. The van der Waals surface area contributed by atoms with E-state index in [1.165, 1.54) is 0 Å². The number of hydrogen-bond donors (Lipinski definition) is 2. The van der Waals surface area contributed by atoms with Crippen LogP contribution in [0.2, 0.25) is 5.02 Å². The minimum atomic E-state index is -0.314. The number of amides is 2. The number of rotatable bonds is 6. The van der Waals surface area contributed by atoms with E-state index < -0.39 is 0 Å². The van der Waals surface area contributed by atoms with Crippen LogP contribution in [-0.2, 0) is 4.79 Å². The first kappa shape index (κ1) is 20.4. The van der Waals surface area contributed by atoms with Crippen molar-refractivity contribution in [1.82, 2.24) is 0 Å². The standard InChI is InChI=1S/C23H21ClN2O3/c1-15-8-10-19(12-16(15)2)29-14-22(27)25-18-9-11-20(24)21(13-18)26-23(28)17-6-4-3-5-7-17/h3-13H,14H2,1-2H3,(H,25,27)(H,26,28). The van der Waals surface area contributed by atoms with Crippen LogP contribution in [0.25, 0.3) is 0 Å². The maximum atomic E-state index is 12.3. The first-order valence-electron chi connectivity index (χ1n) is 9.08. The van der Waals surface area contributed by atoms with Crippen molar-refractivity contribution in [2.45, 2.75) is 13.8 Å². The zero-order valence-electron chi connectivity index (χ0n) is 16.2. The summed E-state index contributed by atoms with van der Waals surface area (Å²) >= 11 is 6.18. The van der Waals surface area contributed by atoms with Crippen LogP contribution in [0, 0.1) is 13.8 Å². The molecule has 0 aliphatic carbocycles. The summed E-state index contributed by atoms with van der Waals surface area (Å²) in [7, 11) is 0. The van der Waals surface area contributed by atoms with Gasteiger partial charge in [-0.1, -0.05) is 35.9 Å². The molecule has 0 aliphatic heterocycles. The fraction of sp³-hybridized carbons (Fsp3) is 0.130. The van der Waals surface area contributed by atoms with Crippen LogP contribution in [0.15, 0.2) is 66.7 Å². The Morgan fingerprint density at radius 1 is 0.897 bits per heavy atom. The highest BCUT2D eigenvalue weighted by Gasteiger charge is 2.11. The molecule has 0 spiro atoms. The molecule has 0 aromatic heterocycles. The van der Waals surface area contributed by atoms with Gasteiger partial charge in [0, 0.05) is 11.3 Å². The highest BCUT2D eigenvalue weighted by atomic mass is 35.5. The summed E-state index contributed by atoms with van der Waals surface area (Å²) in [5.74, 6) is 0.0371. The van der Waals surface area contributed by atoms with Gasteiger partial charge in [0.2, 0.25) is 0 Å². The van der Waals surface area contributed by atoms with Crippen molar-refractivity contribution < 1.29 is 14.3 Å². The van der Waals surface area contributed by atoms with Crippen molar-refractivity contribution in [3.05, 3.63) is 88.4 Å². The van der Waals surface area contributed by atoms with Crippen LogP contribution in [0.3, 0.4) is 0 Å². The van der Waals surface area contributed by atoms with Crippen molar-refractivity contribution in [3.63, 3.8) is 0 Å². The molecule has 5 nitrogen and oxygen atoms in total. The van der Waals surface area contributed by atoms with E-state index in [0.29, 0.717) is 27.7 Å². The van der Waals surface area contributed by atoms with Crippen LogP contribution in [0.5, 0.6) is 5.75 Å². The van der Waals surface area contributed by atoms with Gasteiger partial charge >= 0.3 is 0 Å². The number of aryl methyl sites for hydroxylation is 2. The molecule has 2 N–H and O–H groups in total. The number of carbonyl (C=O) groups is 2. The zero-order valence-corrected chi connectivity index (χ0v) is 16.9. The molecule has 3 rings (SSSR count). The fourth-order valence-corrected chi connectivity index (χ4v) is 2.80. The average molecular weight is 409 g/mol. The van der Waals surface area contributed by atoms with E-state index >= 15 is 0 Å². The predicted octanol–water partition coefficient (Wildman–Crippen LogP) is 5.23. The van der Waals surface area contributed by atoms with Crippen LogP contribution in [0.1, 0.15) is 21.5 Å². The van der Waals surface area contributed by atoms with E-state index in [9.17, 15) is 9.59 Å². The van der Waals surface area contributed by atoms with Gasteiger partial charge in [0.05, 0.1) is 10.7 Å². The number of halogens is 1. The lowest BCUT2D eigenvalue weighted by Gasteiger charge is -2.12. The third kappa shape index (κ3) is 5.59. The molecule has 0 saturated carbocycles. The van der Waals surface area contributed by atoms with Gasteiger partial charge in [0.1, 0.15) is 5.75 Å². The van der Waals surface area contributed by atoms with Crippen LogP contribution in [-0.4, -0.2) is 18.4 Å². The Kier molecular flexibility index (Phi) is 6.52. The Morgan fingerprint density at radius 2 is 1.66 bits per heavy atom. The lowest BCUT2D eigenvalue weighted by molar-refractivity contribution is -0.118. The topological polar surface area (TPSA) is 67.4 Å². The maximum Gasteiger partial charge on any atom is 0.262 e. The summed E-state index contributed by atoms with van der Waals surface area (Å²) in [5, 5.41) is 5.87. The molecule has 29 heavy (non-hydrogen) atoms. The molecule has 0 fully saturated rings. The van der Waals surface area contributed by atoms with E-state index in [2.05, 4.69) is 10.6 Å². The van der Waals surface area contributed by atoms with E-state index in [4.69, 9.17) is 16.3 Å². The predicted molar refractivity (Wildman–Crippen MR) is 116 cm³/mol. The highest BCUT2D eigenvalue weighted by Crippen LogP contribution is 2.26. The first-order chi connectivity index (χ1) is 13.9. The van der Waals surface area contributed by atoms with E-state index in [-0.39, 0.29) is 18.4 Å². The second-order valence-electron chi connectivity index (χ2n) is 6.60. The number of ether oxygens (including phenoxy) is 1.